The Morgan fingerprint density at radius 2 is 1.47 bits per heavy atom. The minimum Gasteiger partial charge on any atom is -0.462 e. The Labute approximate surface area is 532 Å². The van der Waals surface area contributed by atoms with E-state index in [-0.39, 0.29) is 58.3 Å². The van der Waals surface area contributed by atoms with Gasteiger partial charge in [-0.05, 0) is 237 Å². The molecule has 466 valence electrons. The van der Waals surface area contributed by atoms with Crippen LogP contribution in [0.5, 0.6) is 0 Å². The molecule has 0 aromatic heterocycles. The van der Waals surface area contributed by atoms with Crippen LogP contribution >= 0.6 is 21.6 Å². The molecule has 20 atom stereocenters. The van der Waals surface area contributed by atoms with Gasteiger partial charge in [0.1, 0.15) is 12.7 Å². The van der Waals surface area contributed by atoms with E-state index in [1.807, 2.05) is 21.6 Å². The number of esters is 2. The fourth-order valence-corrected chi connectivity index (χ4v) is 28.2. The number of ether oxygens (including phenoxy) is 2. The molecular weight excluding hydrogens is 1120 g/mol. The molecule has 9 heteroatoms. The van der Waals surface area contributed by atoms with Crippen LogP contribution in [0.3, 0.4) is 0 Å². The summed E-state index contributed by atoms with van der Waals surface area (Å²) in [4.78, 5) is 29.4. The van der Waals surface area contributed by atoms with Crippen LogP contribution < -0.4 is 0 Å². The highest BCUT2D eigenvalue weighted by Gasteiger charge is 2.79. The monoisotopic (exact) mass is 1220 g/mol. The first kappa shape index (κ1) is 59.0. The molecule has 7 nitrogen and oxygen atoms in total. The maximum absolute atomic E-state index is 16.6. The normalized spacial score (nSPS) is 45.0. The lowest BCUT2D eigenvalue weighted by Crippen LogP contribution is -2.79. The molecule has 2 saturated heterocycles. The SMILES string of the molecule is CC12CCC(SSCC(Cc3ccccc3)C1)C1CCCCC13CC#CC1(C)CC(OC3=O)C3C(C)(C4CCC56CCC7CC8(c9ccccc9)CCCCC8c8ccc9cccc(c9c8C75)C6C4)CCC(O)C3(C(O)CC2)C1(O)CCC1=CC(=O)OC1. The number of hydrogen-bond donors (Lipinski definition) is 3. The lowest BCUT2D eigenvalue weighted by molar-refractivity contribution is -0.340. The zero-order valence-electron chi connectivity index (χ0n) is 52.8. The van der Waals surface area contributed by atoms with Gasteiger partial charge in [-0.3, -0.25) is 4.79 Å². The Morgan fingerprint density at radius 3 is 2.27 bits per heavy atom. The molecule has 6 saturated carbocycles. The van der Waals surface area contributed by atoms with Gasteiger partial charge < -0.3 is 24.8 Å². The highest BCUT2D eigenvalue weighted by molar-refractivity contribution is 8.76. The van der Waals surface area contributed by atoms with Crippen LogP contribution in [0.1, 0.15) is 227 Å². The molecule has 0 radical (unpaired) electrons. The first-order chi connectivity index (χ1) is 42.6. The number of benzene rings is 4. The third-order valence-corrected chi connectivity index (χ3v) is 31.6. The zero-order chi connectivity index (χ0) is 60.1. The standard InChI is InChI=1S/C79H96O7S2/c1-72-36-29-63(88-87-49-52(45-72)42-50-16-6-4-7-17-50)60-23-11-12-33-76(60)35-15-32-73(2)47-62(86-71(76)83)70-74(3,38-31-65(81)79(70,64(80)30-37-72)78(73,84)41-26-51-43-66(82)85-48-51)56-28-40-75-39-27-54-46-77(55-19-8-5-9-20-55)34-13-10-22-59(77)58-25-24-53-18-14-21-57(61(75)44-56)67(53)68(58)69(54)75/h4-9,14,16-21,24-25,43,52,54,56,59-65,69-70,80-81,84H,10-13,22-23,26-31,33-42,44-49H2,1-3H3. The van der Waals surface area contributed by atoms with Crippen molar-refractivity contribution in [1.29, 1.82) is 0 Å². The molecule has 3 N–H and O–H groups in total. The zero-order valence-corrected chi connectivity index (χ0v) is 54.4. The largest absolute Gasteiger partial charge is 0.462 e. The maximum atomic E-state index is 16.6. The first-order valence-corrected chi connectivity index (χ1v) is 37.5. The number of carbonyl (C=O) groups excluding carboxylic acids is 2. The second-order valence-corrected chi connectivity index (χ2v) is 35.0. The van der Waals surface area contributed by atoms with E-state index in [9.17, 15) is 15.0 Å². The van der Waals surface area contributed by atoms with Crippen LogP contribution in [0.2, 0.25) is 0 Å². The maximum Gasteiger partial charge on any atom is 0.331 e. The molecule has 20 unspecified atom stereocenters. The van der Waals surface area contributed by atoms with E-state index in [0.29, 0.717) is 68.1 Å². The van der Waals surface area contributed by atoms with Crippen LogP contribution in [0, 0.1) is 73.9 Å². The third kappa shape index (κ3) is 8.67. The van der Waals surface area contributed by atoms with Crippen molar-refractivity contribution in [2.75, 3.05) is 12.4 Å². The summed E-state index contributed by atoms with van der Waals surface area (Å²) in [5, 5.41) is 46.8. The van der Waals surface area contributed by atoms with Crippen LogP contribution in [-0.4, -0.2) is 68.8 Å². The average molecular weight is 1220 g/mol. The number of cyclic esters (lactones) is 1. The summed E-state index contributed by atoms with van der Waals surface area (Å²) in [5.41, 5.74) is 2.75. The van der Waals surface area contributed by atoms with Crippen molar-refractivity contribution in [2.24, 2.45) is 62.1 Å². The molecule has 8 fully saturated rings. The number of hydrogen-bond acceptors (Lipinski definition) is 9. The van der Waals surface area contributed by atoms with E-state index in [2.05, 4.69) is 124 Å². The second kappa shape index (κ2) is 21.8. The lowest BCUT2D eigenvalue weighted by atomic mass is 9.34. The number of aliphatic hydroxyl groups is 3. The Bertz CT molecular complexity index is 3480. The first-order valence-electron chi connectivity index (χ1n) is 35.2. The minimum atomic E-state index is -1.77. The van der Waals surface area contributed by atoms with Gasteiger partial charge in [-0.25, -0.2) is 4.79 Å². The van der Waals surface area contributed by atoms with Crippen molar-refractivity contribution in [3.8, 4) is 11.8 Å². The summed E-state index contributed by atoms with van der Waals surface area (Å²) in [7, 11) is 4.06. The summed E-state index contributed by atoms with van der Waals surface area (Å²) in [6, 6.07) is 35.1. The van der Waals surface area contributed by atoms with Gasteiger partial charge in [0, 0.05) is 41.3 Å². The van der Waals surface area contributed by atoms with E-state index < -0.39 is 51.5 Å². The van der Waals surface area contributed by atoms with Gasteiger partial charge in [0.25, 0.3) is 0 Å². The smallest absolute Gasteiger partial charge is 0.331 e. The van der Waals surface area contributed by atoms with Crippen molar-refractivity contribution in [3.63, 3.8) is 0 Å². The second-order valence-electron chi connectivity index (χ2n) is 32.4. The molecule has 4 aromatic rings. The van der Waals surface area contributed by atoms with Crippen molar-refractivity contribution < 1.29 is 34.4 Å². The fourth-order valence-electron chi connectivity index (χ4n) is 24.7. The Morgan fingerprint density at radius 1 is 0.705 bits per heavy atom. The van der Waals surface area contributed by atoms with Crippen LogP contribution in [0.25, 0.3) is 10.8 Å². The summed E-state index contributed by atoms with van der Waals surface area (Å²) in [5.74, 6) is 10.1. The highest BCUT2D eigenvalue weighted by Crippen LogP contribution is 2.78. The number of rotatable bonds is 7. The molecular formula is C79H96O7S2. The van der Waals surface area contributed by atoms with Crippen LogP contribution in [0.4, 0.5) is 0 Å². The van der Waals surface area contributed by atoms with Crippen molar-refractivity contribution >= 4 is 44.3 Å². The summed E-state index contributed by atoms with van der Waals surface area (Å²) in [6.07, 6.45) is 21.7. The fraction of sp³-hybridized carbons (Fsp3) is 0.646. The Balaban J connectivity index is 0.859. The van der Waals surface area contributed by atoms with Gasteiger partial charge in [-0.2, -0.15) is 0 Å². The predicted octanol–water partition coefficient (Wildman–Crippen LogP) is 16.8. The molecule has 0 amide bonds. The molecule has 4 heterocycles. The average Bonchev–Trinajstić information content (AvgIpc) is 1.01. The summed E-state index contributed by atoms with van der Waals surface area (Å²) >= 11 is 0. The van der Waals surface area contributed by atoms with Crippen LogP contribution in [-0.2, 0) is 30.9 Å². The van der Waals surface area contributed by atoms with Crippen molar-refractivity contribution in [3.05, 3.63) is 130 Å². The minimum absolute atomic E-state index is 0.0752. The van der Waals surface area contributed by atoms with E-state index in [1.165, 1.54) is 61.5 Å². The van der Waals surface area contributed by atoms with Gasteiger partial charge >= 0.3 is 11.9 Å². The van der Waals surface area contributed by atoms with E-state index in [4.69, 9.17) is 9.47 Å². The summed E-state index contributed by atoms with van der Waals surface area (Å²) < 4.78 is 13.3. The Hall–Kier alpha value is -4.04. The van der Waals surface area contributed by atoms with Crippen molar-refractivity contribution in [1.82, 2.24) is 0 Å². The summed E-state index contributed by atoms with van der Waals surface area (Å²) in [6.45, 7) is 7.25. The van der Waals surface area contributed by atoms with Crippen LogP contribution in [0.15, 0.2) is 103 Å². The van der Waals surface area contributed by atoms with Gasteiger partial charge in [0.05, 0.1) is 34.1 Å². The van der Waals surface area contributed by atoms with E-state index in [0.717, 1.165) is 88.4 Å². The molecule has 12 aliphatic rings. The van der Waals surface area contributed by atoms with Gasteiger partial charge in [-0.15, -0.1) is 5.92 Å². The van der Waals surface area contributed by atoms with Gasteiger partial charge in [0.15, 0.2) is 0 Å². The number of fused-ring (bicyclic) bond motifs is 9. The quantitative estimate of drug-likeness (QED) is 0.0946. The van der Waals surface area contributed by atoms with E-state index >= 15 is 9.90 Å². The predicted molar refractivity (Wildman–Crippen MR) is 352 cm³/mol. The number of aliphatic hydroxyl groups excluding tert-OH is 2. The molecule has 4 aromatic carbocycles. The third-order valence-electron chi connectivity index (χ3n) is 28.5. The molecule has 6 bridgehead atoms. The van der Waals surface area contributed by atoms with Crippen molar-refractivity contribution in [2.45, 2.75) is 240 Å². The Kier molecular flexibility index (Phi) is 14.6. The molecule has 2 spiro atoms. The molecule has 88 heavy (non-hydrogen) atoms. The molecule has 8 aliphatic carbocycles. The molecule has 4 aliphatic heterocycles. The molecule has 16 rings (SSSR count). The lowest BCUT2D eigenvalue weighted by Gasteiger charge is -2.72. The van der Waals surface area contributed by atoms with Gasteiger partial charge in [0.2, 0.25) is 0 Å². The van der Waals surface area contributed by atoms with E-state index in [1.54, 1.807) is 28.2 Å². The van der Waals surface area contributed by atoms with Gasteiger partial charge in [-0.1, -0.05) is 158 Å². The highest BCUT2D eigenvalue weighted by atomic mass is 33.1. The number of carbonyl (C=O) groups is 2. The topological polar surface area (TPSA) is 113 Å².